The van der Waals surface area contributed by atoms with Gasteiger partial charge in [-0.1, -0.05) is 52.0 Å². The second-order valence-corrected chi connectivity index (χ2v) is 6.91. The lowest BCUT2D eigenvalue weighted by Gasteiger charge is -2.08. The van der Waals surface area contributed by atoms with Gasteiger partial charge in [0.1, 0.15) is 18.1 Å². The second-order valence-electron chi connectivity index (χ2n) is 5.12. The van der Waals surface area contributed by atoms with E-state index in [1.54, 1.807) is 13.2 Å². The van der Waals surface area contributed by atoms with Crippen LogP contribution in [0, 0.1) is 0 Å². The van der Waals surface area contributed by atoms with E-state index in [0.717, 1.165) is 16.0 Å². The molecule has 6 nitrogen and oxygen atoms in total. The van der Waals surface area contributed by atoms with Crippen LogP contribution in [0.15, 0.2) is 58.2 Å². The summed E-state index contributed by atoms with van der Waals surface area (Å²) in [5.41, 5.74) is 1.17. The Morgan fingerprint density at radius 3 is 2.72 bits per heavy atom. The Morgan fingerprint density at radius 1 is 1.12 bits per heavy atom. The summed E-state index contributed by atoms with van der Waals surface area (Å²) in [6.45, 7) is 0.228. The molecular formula is C17H17BrN4O2S. The molecule has 0 amide bonds. The van der Waals surface area contributed by atoms with Crippen molar-refractivity contribution in [2.45, 2.75) is 17.5 Å². The number of methoxy groups -OCH3 is 1. The van der Waals surface area contributed by atoms with Crippen molar-refractivity contribution in [2.75, 3.05) is 13.0 Å². The third-order valence-corrected chi connectivity index (χ3v) is 5.22. The largest absolute Gasteiger partial charge is 0.497 e. The molecule has 25 heavy (non-hydrogen) atoms. The van der Waals surface area contributed by atoms with Gasteiger partial charge in [-0.2, -0.15) is 0 Å². The summed E-state index contributed by atoms with van der Waals surface area (Å²) in [6, 6.07) is 15.4. The zero-order valence-corrected chi connectivity index (χ0v) is 16.0. The van der Waals surface area contributed by atoms with E-state index in [1.165, 1.54) is 22.0 Å². The lowest BCUT2D eigenvalue weighted by atomic mass is 10.2. The Balaban J connectivity index is 1.62. The van der Waals surface area contributed by atoms with Crippen LogP contribution in [-0.2, 0) is 12.4 Å². The lowest BCUT2D eigenvalue weighted by Crippen LogP contribution is -2.15. The van der Waals surface area contributed by atoms with Crippen LogP contribution in [-0.4, -0.2) is 22.0 Å². The molecule has 0 atom stereocenters. The topological polar surface area (TPSA) is 75.2 Å². The minimum Gasteiger partial charge on any atom is -0.497 e. The summed E-state index contributed by atoms with van der Waals surface area (Å²) in [5.74, 6) is 8.79. The first-order valence-corrected chi connectivity index (χ1v) is 9.27. The Bertz CT molecular complexity index is 856. The number of nitrogens with two attached hydrogens (primary N) is 1. The highest BCUT2D eigenvalue weighted by atomic mass is 79.9. The molecule has 0 fully saturated rings. The number of rotatable bonds is 7. The summed E-state index contributed by atoms with van der Waals surface area (Å²) in [4.78, 5) is 0. The van der Waals surface area contributed by atoms with Gasteiger partial charge in [0, 0.05) is 16.3 Å². The molecule has 2 N–H and O–H groups in total. The van der Waals surface area contributed by atoms with E-state index >= 15 is 0 Å². The van der Waals surface area contributed by atoms with Crippen LogP contribution in [0.4, 0.5) is 0 Å². The van der Waals surface area contributed by atoms with Crippen molar-refractivity contribution in [3.8, 4) is 11.5 Å². The molecule has 8 heteroatoms. The number of nitrogens with zero attached hydrogens (tertiary/aromatic N) is 3. The molecule has 1 heterocycles. The summed E-state index contributed by atoms with van der Waals surface area (Å²) in [5, 5.41) is 8.88. The molecule has 130 valence electrons. The van der Waals surface area contributed by atoms with Crippen molar-refractivity contribution in [1.82, 2.24) is 14.9 Å². The van der Waals surface area contributed by atoms with Crippen LogP contribution in [0.3, 0.4) is 0 Å². The van der Waals surface area contributed by atoms with Crippen molar-refractivity contribution >= 4 is 27.7 Å². The van der Waals surface area contributed by atoms with Gasteiger partial charge >= 0.3 is 0 Å². The van der Waals surface area contributed by atoms with Gasteiger partial charge in [0.05, 0.1) is 7.11 Å². The first-order valence-electron chi connectivity index (χ1n) is 7.50. The van der Waals surface area contributed by atoms with E-state index in [1.807, 2.05) is 36.4 Å². The lowest BCUT2D eigenvalue weighted by molar-refractivity contribution is 0.289. The van der Waals surface area contributed by atoms with Gasteiger partial charge in [0.25, 0.3) is 0 Å². The average Bonchev–Trinajstić information content (AvgIpc) is 2.99. The van der Waals surface area contributed by atoms with Crippen LogP contribution >= 0.6 is 27.7 Å². The van der Waals surface area contributed by atoms with Gasteiger partial charge in [-0.3, -0.25) is 0 Å². The fourth-order valence-electron chi connectivity index (χ4n) is 2.10. The summed E-state index contributed by atoms with van der Waals surface area (Å²) >= 11 is 5.06. The Kier molecular flexibility index (Phi) is 5.83. The maximum Gasteiger partial charge on any atom is 0.210 e. The van der Waals surface area contributed by atoms with Crippen molar-refractivity contribution in [3.63, 3.8) is 0 Å². The Morgan fingerprint density at radius 2 is 1.92 bits per heavy atom. The molecule has 3 aromatic rings. The molecule has 0 saturated carbocycles. The number of thioether (sulfide) groups is 1. The fourth-order valence-corrected chi connectivity index (χ4v) is 3.59. The number of benzene rings is 2. The molecule has 3 rings (SSSR count). The molecule has 0 aliphatic rings. The average molecular weight is 421 g/mol. The number of nitrogen functional groups attached to an aromatic ring is 1. The molecule has 0 saturated heterocycles. The monoisotopic (exact) mass is 420 g/mol. The molecular weight excluding hydrogens is 404 g/mol. The number of ether oxygens (including phenoxy) is 2. The van der Waals surface area contributed by atoms with Gasteiger partial charge in [0.2, 0.25) is 5.16 Å². The van der Waals surface area contributed by atoms with Gasteiger partial charge in [-0.15, -0.1) is 10.2 Å². The van der Waals surface area contributed by atoms with Crippen LogP contribution in [0.25, 0.3) is 0 Å². The molecule has 0 spiro atoms. The third-order valence-electron chi connectivity index (χ3n) is 3.46. The number of hydrogen-bond donors (Lipinski definition) is 1. The quantitative estimate of drug-likeness (QED) is 0.464. The second kappa shape index (κ2) is 8.26. The highest BCUT2D eigenvalue weighted by molar-refractivity contribution is 9.10. The van der Waals surface area contributed by atoms with Crippen LogP contribution in [0.1, 0.15) is 11.4 Å². The maximum absolute atomic E-state index is 6.08. The van der Waals surface area contributed by atoms with E-state index in [0.29, 0.717) is 16.7 Å². The highest BCUT2D eigenvalue weighted by Gasteiger charge is 2.12. The SMILES string of the molecule is COc1cccc(OCc2nnc(SCc3ccccc3Br)n2N)c1. The smallest absolute Gasteiger partial charge is 0.210 e. The molecule has 0 aliphatic heterocycles. The summed E-state index contributed by atoms with van der Waals surface area (Å²) < 4.78 is 13.4. The Labute approximate surface area is 158 Å². The number of aromatic nitrogens is 3. The Hall–Kier alpha value is -2.19. The van der Waals surface area contributed by atoms with E-state index in [2.05, 4.69) is 32.2 Å². The predicted molar refractivity (Wildman–Crippen MR) is 101 cm³/mol. The van der Waals surface area contributed by atoms with E-state index in [-0.39, 0.29) is 6.61 Å². The molecule has 2 aromatic carbocycles. The summed E-state index contributed by atoms with van der Waals surface area (Å²) in [7, 11) is 1.62. The van der Waals surface area contributed by atoms with Crippen LogP contribution in [0.5, 0.6) is 11.5 Å². The number of hydrogen-bond acceptors (Lipinski definition) is 6. The van der Waals surface area contributed by atoms with E-state index in [9.17, 15) is 0 Å². The molecule has 1 aromatic heterocycles. The minimum atomic E-state index is 0.228. The van der Waals surface area contributed by atoms with E-state index < -0.39 is 0 Å². The zero-order chi connectivity index (χ0) is 17.6. The first kappa shape index (κ1) is 17.6. The molecule has 0 radical (unpaired) electrons. The molecule has 0 aliphatic carbocycles. The van der Waals surface area contributed by atoms with Crippen molar-refractivity contribution < 1.29 is 9.47 Å². The van der Waals surface area contributed by atoms with Crippen molar-refractivity contribution in [1.29, 1.82) is 0 Å². The van der Waals surface area contributed by atoms with Gasteiger partial charge in [-0.05, 0) is 23.8 Å². The van der Waals surface area contributed by atoms with Crippen LogP contribution < -0.4 is 15.3 Å². The minimum absolute atomic E-state index is 0.228. The van der Waals surface area contributed by atoms with Gasteiger partial charge in [0.15, 0.2) is 5.82 Å². The normalized spacial score (nSPS) is 10.6. The third kappa shape index (κ3) is 4.46. The highest BCUT2D eigenvalue weighted by Crippen LogP contribution is 2.26. The van der Waals surface area contributed by atoms with E-state index in [4.69, 9.17) is 15.3 Å². The predicted octanol–water partition coefficient (Wildman–Crippen LogP) is 3.63. The number of halogens is 1. The van der Waals surface area contributed by atoms with Crippen LogP contribution in [0.2, 0.25) is 0 Å². The van der Waals surface area contributed by atoms with Gasteiger partial charge < -0.3 is 15.3 Å². The van der Waals surface area contributed by atoms with Crippen molar-refractivity contribution in [3.05, 3.63) is 64.4 Å². The van der Waals surface area contributed by atoms with Crippen molar-refractivity contribution in [2.24, 2.45) is 0 Å². The standard InChI is InChI=1S/C17H17BrN4O2S/c1-23-13-6-4-7-14(9-13)24-10-16-20-21-17(22(16)19)25-11-12-5-2-3-8-15(12)18/h2-9H,10-11,19H2,1H3. The first-order chi connectivity index (χ1) is 12.2. The van der Waals surface area contributed by atoms with Gasteiger partial charge in [-0.25, -0.2) is 4.68 Å². The fraction of sp³-hybridized carbons (Fsp3) is 0.176. The molecule has 0 unspecified atom stereocenters. The molecule has 0 bridgehead atoms. The summed E-state index contributed by atoms with van der Waals surface area (Å²) in [6.07, 6.45) is 0. The zero-order valence-electron chi connectivity index (χ0n) is 13.6. The maximum atomic E-state index is 6.08.